The lowest BCUT2D eigenvalue weighted by molar-refractivity contribution is -0.263. The van der Waals surface area contributed by atoms with Gasteiger partial charge in [0.1, 0.15) is 0 Å². The quantitative estimate of drug-likeness (QED) is 0.877. The Morgan fingerprint density at radius 2 is 2.16 bits per heavy atom. The van der Waals surface area contributed by atoms with Crippen molar-refractivity contribution < 1.29 is 9.84 Å². The number of aliphatic hydroxyl groups is 1. The van der Waals surface area contributed by atoms with Crippen LogP contribution in [0, 0.1) is 0 Å². The van der Waals surface area contributed by atoms with Gasteiger partial charge in [-0.25, -0.2) is 0 Å². The van der Waals surface area contributed by atoms with E-state index in [0.717, 1.165) is 22.6 Å². The Bertz CT molecular complexity index is 475. The number of benzene rings is 1. The minimum absolute atomic E-state index is 0.133. The van der Waals surface area contributed by atoms with E-state index in [2.05, 4.69) is 19.2 Å². The molecule has 0 bridgehead atoms. The molecule has 3 nitrogen and oxygen atoms in total. The molecule has 1 aromatic carbocycles. The number of ether oxygens (including phenoxy) is 1. The Labute approximate surface area is 119 Å². The zero-order valence-electron chi connectivity index (χ0n) is 12.0. The summed E-state index contributed by atoms with van der Waals surface area (Å²) in [6.45, 7) is 8.55. The van der Waals surface area contributed by atoms with Crippen molar-refractivity contribution >= 4 is 11.6 Å². The summed E-state index contributed by atoms with van der Waals surface area (Å²) >= 11 is 6.12. The molecule has 106 valence electrons. The number of hydrogen-bond acceptors (Lipinski definition) is 3. The highest BCUT2D eigenvalue weighted by Gasteiger charge is 2.44. The van der Waals surface area contributed by atoms with E-state index in [1.54, 1.807) is 0 Å². The van der Waals surface area contributed by atoms with Gasteiger partial charge in [-0.05, 0) is 44.9 Å². The molecule has 1 aliphatic heterocycles. The second kappa shape index (κ2) is 5.06. The van der Waals surface area contributed by atoms with Crippen LogP contribution in [0.2, 0.25) is 5.02 Å². The number of nitrogens with one attached hydrogen (secondary N) is 1. The molecule has 0 amide bonds. The molecule has 2 N–H and O–H groups in total. The number of rotatable bonds is 2. The van der Waals surface area contributed by atoms with Crippen molar-refractivity contribution in [2.24, 2.45) is 0 Å². The fourth-order valence-corrected chi connectivity index (χ4v) is 2.79. The number of morpholine rings is 1. The topological polar surface area (TPSA) is 41.5 Å². The Balaban J connectivity index is 2.35. The molecule has 1 fully saturated rings. The van der Waals surface area contributed by atoms with Gasteiger partial charge < -0.3 is 15.2 Å². The average Bonchev–Trinajstić information content (AvgIpc) is 2.34. The number of halogens is 1. The van der Waals surface area contributed by atoms with Gasteiger partial charge in [0.2, 0.25) is 5.79 Å². The highest BCUT2D eigenvalue weighted by atomic mass is 35.5. The number of hydrogen-bond donors (Lipinski definition) is 2. The first-order valence-electron chi connectivity index (χ1n) is 6.71. The van der Waals surface area contributed by atoms with E-state index >= 15 is 0 Å². The summed E-state index contributed by atoms with van der Waals surface area (Å²) in [4.78, 5) is 0. The van der Waals surface area contributed by atoms with Gasteiger partial charge in [-0.3, -0.25) is 0 Å². The summed E-state index contributed by atoms with van der Waals surface area (Å²) in [5.74, 6) is -1.30. The first-order valence-corrected chi connectivity index (χ1v) is 7.09. The van der Waals surface area contributed by atoms with E-state index in [1.807, 2.05) is 32.0 Å². The van der Waals surface area contributed by atoms with Crippen LogP contribution in [0.4, 0.5) is 0 Å². The van der Waals surface area contributed by atoms with Crippen molar-refractivity contribution in [1.29, 1.82) is 0 Å². The Hall–Kier alpha value is -0.610. The molecule has 1 aromatic rings. The lowest BCUT2D eigenvalue weighted by Gasteiger charge is -2.46. The van der Waals surface area contributed by atoms with Crippen molar-refractivity contribution in [3.63, 3.8) is 0 Å². The van der Waals surface area contributed by atoms with Gasteiger partial charge in [-0.2, -0.15) is 0 Å². The Morgan fingerprint density at radius 1 is 1.47 bits per heavy atom. The van der Waals surface area contributed by atoms with Gasteiger partial charge in [0.25, 0.3) is 0 Å². The highest BCUT2D eigenvalue weighted by Crippen LogP contribution is 2.34. The maximum Gasteiger partial charge on any atom is 0.208 e. The molecule has 2 unspecified atom stereocenters. The van der Waals surface area contributed by atoms with Crippen LogP contribution >= 0.6 is 11.6 Å². The smallest absolute Gasteiger partial charge is 0.208 e. The molecular formula is C15H22ClNO2. The van der Waals surface area contributed by atoms with Gasteiger partial charge in [-0.1, -0.05) is 24.6 Å². The first kappa shape index (κ1) is 14.8. The molecule has 0 aliphatic carbocycles. The summed E-state index contributed by atoms with van der Waals surface area (Å²) < 4.78 is 5.77. The second-order valence-electron chi connectivity index (χ2n) is 5.89. The lowest BCUT2D eigenvalue weighted by Crippen LogP contribution is -2.63. The molecule has 0 aromatic heterocycles. The van der Waals surface area contributed by atoms with Crippen molar-refractivity contribution in [3.05, 3.63) is 34.3 Å². The zero-order valence-corrected chi connectivity index (χ0v) is 12.7. The fourth-order valence-electron chi connectivity index (χ4n) is 2.54. The normalized spacial score (nSPS) is 30.3. The summed E-state index contributed by atoms with van der Waals surface area (Å²) in [6.07, 6.45) is 0.829. The summed E-state index contributed by atoms with van der Waals surface area (Å²) in [7, 11) is 0. The minimum Gasteiger partial charge on any atom is -0.361 e. The van der Waals surface area contributed by atoms with E-state index in [1.165, 1.54) is 0 Å². The molecule has 1 aliphatic rings. The van der Waals surface area contributed by atoms with Crippen LogP contribution in [0.1, 0.15) is 38.8 Å². The molecule has 1 heterocycles. The summed E-state index contributed by atoms with van der Waals surface area (Å²) in [6, 6.07) is 5.39. The van der Waals surface area contributed by atoms with Gasteiger partial charge in [0, 0.05) is 16.1 Å². The average molecular weight is 284 g/mol. The van der Waals surface area contributed by atoms with Crippen LogP contribution in [-0.4, -0.2) is 23.3 Å². The second-order valence-corrected chi connectivity index (χ2v) is 6.30. The van der Waals surface area contributed by atoms with Crippen LogP contribution in [0.25, 0.3) is 0 Å². The molecule has 2 atom stereocenters. The van der Waals surface area contributed by atoms with Gasteiger partial charge >= 0.3 is 0 Å². The molecule has 2 rings (SSSR count). The molecule has 0 saturated carbocycles. The third-order valence-electron chi connectivity index (χ3n) is 3.69. The Kier molecular flexibility index (Phi) is 3.94. The maximum absolute atomic E-state index is 10.8. The zero-order chi connectivity index (χ0) is 14.3. The summed E-state index contributed by atoms with van der Waals surface area (Å²) in [5.41, 5.74) is 1.64. The molecule has 0 radical (unpaired) electrons. The van der Waals surface area contributed by atoms with E-state index in [-0.39, 0.29) is 11.6 Å². The van der Waals surface area contributed by atoms with Gasteiger partial charge in [0.15, 0.2) is 0 Å². The highest BCUT2D eigenvalue weighted by molar-refractivity contribution is 6.31. The van der Waals surface area contributed by atoms with E-state index < -0.39 is 5.79 Å². The largest absolute Gasteiger partial charge is 0.361 e. The lowest BCUT2D eigenvalue weighted by atomic mass is 9.91. The minimum atomic E-state index is -1.30. The van der Waals surface area contributed by atoms with Crippen molar-refractivity contribution in [2.45, 2.75) is 51.5 Å². The third-order valence-corrected chi connectivity index (χ3v) is 4.06. The molecule has 4 heteroatoms. The van der Waals surface area contributed by atoms with E-state index in [9.17, 15) is 5.11 Å². The van der Waals surface area contributed by atoms with Crippen LogP contribution in [0.5, 0.6) is 0 Å². The van der Waals surface area contributed by atoms with Crippen LogP contribution < -0.4 is 5.32 Å². The molecule has 1 saturated heterocycles. The molecule has 19 heavy (non-hydrogen) atoms. The third kappa shape index (κ3) is 2.79. The van der Waals surface area contributed by atoms with Crippen molar-refractivity contribution in [2.75, 3.05) is 6.61 Å². The van der Waals surface area contributed by atoms with Crippen molar-refractivity contribution in [3.8, 4) is 0 Å². The van der Waals surface area contributed by atoms with E-state index in [4.69, 9.17) is 16.3 Å². The SMILES string of the molecule is CCc1cc(C2(O)OCC(C)(C)NC2C)ccc1Cl. The van der Waals surface area contributed by atoms with Crippen LogP contribution in [0.15, 0.2) is 18.2 Å². The van der Waals surface area contributed by atoms with Gasteiger partial charge in [-0.15, -0.1) is 0 Å². The Morgan fingerprint density at radius 3 is 2.74 bits per heavy atom. The predicted octanol–water partition coefficient (Wildman–Crippen LogP) is 2.83. The number of aryl methyl sites for hydroxylation is 1. The van der Waals surface area contributed by atoms with Crippen LogP contribution in [-0.2, 0) is 16.9 Å². The maximum atomic E-state index is 10.8. The van der Waals surface area contributed by atoms with Crippen LogP contribution in [0.3, 0.4) is 0 Å². The fraction of sp³-hybridized carbons (Fsp3) is 0.600. The molecule has 0 spiro atoms. The van der Waals surface area contributed by atoms with Crippen molar-refractivity contribution in [1.82, 2.24) is 5.32 Å². The first-order chi connectivity index (χ1) is 8.78. The molecular weight excluding hydrogens is 262 g/mol. The van der Waals surface area contributed by atoms with E-state index in [0.29, 0.717) is 6.61 Å². The predicted molar refractivity (Wildman–Crippen MR) is 77.4 cm³/mol. The standard InChI is InChI=1S/C15H22ClNO2/c1-5-11-8-12(6-7-13(11)16)15(18)10(2)17-14(3,4)9-19-15/h6-8,10,17-18H,5,9H2,1-4H3. The summed E-state index contributed by atoms with van der Waals surface area (Å²) in [5, 5.41) is 14.9. The van der Waals surface area contributed by atoms with Gasteiger partial charge in [0.05, 0.1) is 12.6 Å². The monoisotopic (exact) mass is 283 g/mol.